The van der Waals surface area contributed by atoms with Crippen LogP contribution in [0.25, 0.3) is 12.2 Å². The van der Waals surface area contributed by atoms with Crippen LogP contribution < -0.4 is 24.8 Å². The van der Waals surface area contributed by atoms with Gasteiger partial charge in [-0.25, -0.2) is 0 Å². The largest absolute Gasteiger partial charge is 1.00 e. The standard InChI is InChI=1S/2C9H7.C3H6.2ClH.Hf/c2*1-2-5-9-7-3-6-8(9)4-1;1-3-2;;;/h2*1-7H;3H,1H2,2H3;2*1H;/q;;;;;+2/p-2. The van der Waals surface area contributed by atoms with Crippen molar-refractivity contribution in [2.45, 2.75) is 22.1 Å². The Labute approximate surface area is 161 Å². The van der Waals surface area contributed by atoms with Gasteiger partial charge in [-0.1, -0.05) is 0 Å². The van der Waals surface area contributed by atoms with Crippen LogP contribution in [0.4, 0.5) is 0 Å². The minimum atomic E-state index is -2.42. The molecule has 2 aromatic carbocycles. The molecule has 0 N–H and O–H groups in total. The van der Waals surface area contributed by atoms with Crippen LogP contribution in [0.5, 0.6) is 0 Å². The molecule has 2 aliphatic carbocycles. The molecule has 1 heterocycles. The van der Waals surface area contributed by atoms with Crippen LogP contribution >= 0.6 is 0 Å². The van der Waals surface area contributed by atoms with Crippen molar-refractivity contribution in [3.05, 3.63) is 82.9 Å². The summed E-state index contributed by atoms with van der Waals surface area (Å²) < 4.78 is 4.15. The summed E-state index contributed by atoms with van der Waals surface area (Å²) in [5.74, 6) is 0. The van der Waals surface area contributed by atoms with E-state index in [1.165, 1.54) is 11.1 Å². The van der Waals surface area contributed by atoms with Crippen LogP contribution in [-0.4, -0.2) is 0 Å². The number of hydrogen-bond donors (Lipinski definition) is 0. The summed E-state index contributed by atoms with van der Waals surface area (Å²) in [5, 5.41) is 0. The molecule has 0 radical (unpaired) electrons. The monoisotopic (exact) mass is 522 g/mol. The van der Waals surface area contributed by atoms with E-state index in [9.17, 15) is 0 Å². The van der Waals surface area contributed by atoms with Gasteiger partial charge in [-0.15, -0.1) is 0 Å². The Morgan fingerprint density at radius 2 is 1.17 bits per heavy atom. The molecule has 24 heavy (non-hydrogen) atoms. The Hall–Kier alpha value is -0.630. The van der Waals surface area contributed by atoms with Crippen molar-refractivity contribution in [3.63, 3.8) is 0 Å². The first kappa shape index (κ1) is 18.2. The minimum Gasteiger partial charge on any atom is -1.00 e. The van der Waals surface area contributed by atoms with E-state index < -0.39 is 20.0 Å². The summed E-state index contributed by atoms with van der Waals surface area (Å²) >= 11 is -2.42. The molecule has 3 heteroatoms. The zero-order valence-corrected chi connectivity index (χ0v) is 18.7. The van der Waals surface area contributed by atoms with E-state index in [4.69, 9.17) is 0 Å². The third kappa shape index (κ3) is 2.43. The normalized spacial score (nSPS) is 28.3. The molecule has 0 spiro atoms. The average molecular weight is 522 g/mol. The summed E-state index contributed by atoms with van der Waals surface area (Å²) in [5.41, 5.74) is 6.21. The number of hydrogen-bond acceptors (Lipinski definition) is 0. The van der Waals surface area contributed by atoms with Crippen LogP contribution in [0.3, 0.4) is 0 Å². The Morgan fingerprint density at radius 3 is 1.58 bits per heavy atom. The molecular formula is C21H20Cl2Hf. The van der Waals surface area contributed by atoms with Gasteiger partial charge in [0.1, 0.15) is 0 Å². The number of benzene rings is 2. The fraction of sp³-hybridized carbons (Fsp3) is 0.238. The van der Waals surface area contributed by atoms with Gasteiger partial charge in [0.25, 0.3) is 0 Å². The quantitative estimate of drug-likeness (QED) is 0.486. The average Bonchev–Trinajstić information content (AvgIpc) is 2.96. The zero-order chi connectivity index (χ0) is 14.7. The first-order chi connectivity index (χ1) is 10.8. The predicted octanol–water partition coefficient (Wildman–Crippen LogP) is -0.0752. The topological polar surface area (TPSA) is 0 Å². The van der Waals surface area contributed by atoms with Gasteiger partial charge in [-0.05, 0) is 0 Å². The molecule has 1 saturated heterocycles. The Kier molecular flexibility index (Phi) is 4.99. The van der Waals surface area contributed by atoms with Crippen LogP contribution in [0, 0.1) is 0 Å². The SMILES string of the molecule is C[CH]1[CH2][Hf+2]1([CH]1C=Cc2ccccc21)[CH]1C=Cc2ccccc21.[Cl-].[Cl-]. The number of rotatable bonds is 2. The van der Waals surface area contributed by atoms with Crippen molar-refractivity contribution in [2.75, 3.05) is 0 Å². The van der Waals surface area contributed by atoms with Crippen LogP contribution in [0.15, 0.2) is 60.7 Å². The molecule has 1 fully saturated rings. The van der Waals surface area contributed by atoms with E-state index >= 15 is 0 Å². The van der Waals surface area contributed by atoms with Gasteiger partial charge in [-0.2, -0.15) is 0 Å². The van der Waals surface area contributed by atoms with Crippen molar-refractivity contribution in [3.8, 4) is 0 Å². The maximum Gasteiger partial charge on any atom is -1.00 e. The minimum absolute atomic E-state index is 0. The van der Waals surface area contributed by atoms with Gasteiger partial charge in [-0.3, -0.25) is 0 Å². The summed E-state index contributed by atoms with van der Waals surface area (Å²) in [6.45, 7) is 2.53. The summed E-state index contributed by atoms with van der Waals surface area (Å²) in [7, 11) is 0. The van der Waals surface area contributed by atoms with Gasteiger partial charge in [0.05, 0.1) is 0 Å². The van der Waals surface area contributed by atoms with Gasteiger partial charge >= 0.3 is 137 Å². The van der Waals surface area contributed by atoms with Crippen molar-refractivity contribution in [1.82, 2.24) is 0 Å². The summed E-state index contributed by atoms with van der Waals surface area (Å²) in [4.78, 5) is 0. The molecule has 0 nitrogen and oxygen atoms in total. The molecule has 0 aromatic heterocycles. The molecule has 5 rings (SSSR count). The molecular weight excluding hydrogens is 502 g/mol. The maximum absolute atomic E-state index is 2.56. The summed E-state index contributed by atoms with van der Waals surface area (Å²) in [6, 6.07) is 18.2. The van der Waals surface area contributed by atoms with E-state index in [-0.39, 0.29) is 24.8 Å². The fourth-order valence-corrected chi connectivity index (χ4v) is 32.2. The van der Waals surface area contributed by atoms with E-state index in [1.54, 1.807) is 15.3 Å². The van der Waals surface area contributed by atoms with Crippen LogP contribution in [0.1, 0.15) is 36.5 Å². The number of fused-ring (bicyclic) bond motifs is 2. The van der Waals surface area contributed by atoms with E-state index in [0.29, 0.717) is 0 Å². The third-order valence-electron chi connectivity index (χ3n) is 6.17. The molecule has 0 saturated carbocycles. The van der Waals surface area contributed by atoms with Crippen LogP contribution in [-0.2, 0) is 20.0 Å². The van der Waals surface area contributed by atoms with Crippen molar-refractivity contribution in [2.24, 2.45) is 0 Å². The smallest absolute Gasteiger partial charge is 1.00 e. The van der Waals surface area contributed by atoms with E-state index in [2.05, 4.69) is 79.8 Å². The first-order valence-corrected chi connectivity index (χ1v) is 17.1. The van der Waals surface area contributed by atoms with Crippen molar-refractivity contribution < 1.29 is 44.8 Å². The second-order valence-corrected chi connectivity index (χ2v) is 24.6. The van der Waals surface area contributed by atoms with E-state index in [1.807, 2.05) is 0 Å². The zero-order valence-electron chi connectivity index (χ0n) is 13.6. The van der Waals surface area contributed by atoms with Crippen molar-refractivity contribution in [1.29, 1.82) is 0 Å². The molecule has 122 valence electrons. The van der Waals surface area contributed by atoms with Crippen LogP contribution in [0.2, 0.25) is 7.85 Å². The van der Waals surface area contributed by atoms with Gasteiger partial charge < -0.3 is 24.8 Å². The van der Waals surface area contributed by atoms with E-state index in [0.717, 1.165) is 11.0 Å². The first-order valence-electron chi connectivity index (χ1n) is 8.35. The number of allylic oxidation sites excluding steroid dienone is 2. The molecule has 0 amide bonds. The molecule has 0 bridgehead atoms. The summed E-state index contributed by atoms with van der Waals surface area (Å²) in [6.07, 6.45) is 9.89. The second-order valence-electron chi connectivity index (χ2n) is 7.15. The molecule has 3 atom stereocenters. The molecule has 1 aliphatic heterocycles. The fourth-order valence-electron chi connectivity index (χ4n) is 4.97. The predicted molar refractivity (Wildman–Crippen MR) is 90.7 cm³/mol. The van der Waals surface area contributed by atoms with Crippen molar-refractivity contribution >= 4 is 12.2 Å². The van der Waals surface area contributed by atoms with Gasteiger partial charge in [0.15, 0.2) is 0 Å². The Morgan fingerprint density at radius 1 is 0.750 bits per heavy atom. The second kappa shape index (κ2) is 6.59. The Balaban J connectivity index is 0.000000845. The maximum atomic E-state index is 2.56. The molecule has 2 aromatic rings. The number of halogens is 2. The van der Waals surface area contributed by atoms with Gasteiger partial charge in [0.2, 0.25) is 0 Å². The molecule has 3 aliphatic rings. The Bertz CT molecular complexity index is 763. The molecule has 3 unspecified atom stereocenters. The third-order valence-corrected chi connectivity index (χ3v) is 28.3. The van der Waals surface area contributed by atoms with Gasteiger partial charge in [0, 0.05) is 0 Å².